The van der Waals surface area contributed by atoms with Crippen LogP contribution in [0.4, 0.5) is 13.2 Å². The Bertz CT molecular complexity index is 443. The number of alkyl halides is 3. The van der Waals surface area contributed by atoms with Crippen molar-refractivity contribution >= 4 is 5.78 Å². The summed E-state index contributed by atoms with van der Waals surface area (Å²) in [5, 5.41) is 3.09. The van der Waals surface area contributed by atoms with Gasteiger partial charge in [0.25, 0.3) is 0 Å². The summed E-state index contributed by atoms with van der Waals surface area (Å²) in [6, 6.07) is 3.84. The number of carbonyl (C=O) groups is 1. The average molecular weight is 273 g/mol. The number of rotatable bonds is 3. The van der Waals surface area contributed by atoms with E-state index >= 15 is 0 Å². The van der Waals surface area contributed by atoms with E-state index in [4.69, 9.17) is 0 Å². The van der Waals surface area contributed by atoms with Gasteiger partial charge in [-0.3, -0.25) is 4.79 Å². The molecule has 1 N–H and O–H groups in total. The molecule has 0 saturated heterocycles. The molecule has 5 heteroatoms. The third-order valence-corrected chi connectivity index (χ3v) is 2.54. The summed E-state index contributed by atoms with van der Waals surface area (Å²) in [5.41, 5.74) is -0.709. The van der Waals surface area contributed by atoms with Crippen molar-refractivity contribution in [1.29, 1.82) is 0 Å². The molecule has 106 valence electrons. The van der Waals surface area contributed by atoms with E-state index in [2.05, 4.69) is 5.32 Å². The first-order valence-electron chi connectivity index (χ1n) is 6.00. The number of hydrogen-bond donors (Lipinski definition) is 1. The molecule has 0 aromatic heterocycles. The van der Waals surface area contributed by atoms with Crippen LogP contribution in [0.15, 0.2) is 24.3 Å². The van der Waals surface area contributed by atoms with Crippen molar-refractivity contribution in [2.75, 3.05) is 0 Å². The summed E-state index contributed by atoms with van der Waals surface area (Å²) in [6.45, 7) is 7.46. The summed E-state index contributed by atoms with van der Waals surface area (Å²) in [5.74, 6) is -0.219. The second kappa shape index (κ2) is 5.33. The first-order chi connectivity index (χ1) is 8.50. The van der Waals surface area contributed by atoms with E-state index in [1.54, 1.807) is 6.92 Å². The normalized spacial score (nSPS) is 14.3. The Morgan fingerprint density at radius 2 is 1.58 bits per heavy atom. The SMILES string of the molecule is CC(NC(C)(C)C)C(=O)c1ccc(C(F)(F)F)cc1. The van der Waals surface area contributed by atoms with Crippen LogP contribution in [0.3, 0.4) is 0 Å². The zero-order chi connectivity index (χ0) is 14.8. The van der Waals surface area contributed by atoms with Crippen molar-refractivity contribution in [2.24, 2.45) is 0 Å². The number of Topliss-reactive ketones (excluding diaryl/α,β-unsaturated/α-hetero) is 1. The van der Waals surface area contributed by atoms with Gasteiger partial charge in [-0.25, -0.2) is 0 Å². The maximum atomic E-state index is 12.4. The summed E-state index contributed by atoms with van der Waals surface area (Å²) in [4.78, 5) is 12.0. The van der Waals surface area contributed by atoms with Gasteiger partial charge in [0, 0.05) is 11.1 Å². The van der Waals surface area contributed by atoms with Crippen molar-refractivity contribution in [3.63, 3.8) is 0 Å². The van der Waals surface area contributed by atoms with E-state index in [9.17, 15) is 18.0 Å². The molecule has 0 aliphatic rings. The van der Waals surface area contributed by atoms with Gasteiger partial charge in [0.15, 0.2) is 5.78 Å². The Balaban J connectivity index is 2.84. The van der Waals surface area contributed by atoms with Crippen LogP contribution >= 0.6 is 0 Å². The molecular weight excluding hydrogens is 255 g/mol. The zero-order valence-corrected chi connectivity index (χ0v) is 11.4. The Morgan fingerprint density at radius 1 is 1.11 bits per heavy atom. The van der Waals surface area contributed by atoms with E-state index in [0.29, 0.717) is 0 Å². The zero-order valence-electron chi connectivity index (χ0n) is 11.4. The number of benzene rings is 1. The lowest BCUT2D eigenvalue weighted by atomic mass is 10.0. The smallest absolute Gasteiger partial charge is 0.303 e. The molecule has 1 rings (SSSR count). The maximum absolute atomic E-state index is 12.4. The van der Waals surface area contributed by atoms with Crippen molar-refractivity contribution in [1.82, 2.24) is 5.32 Å². The van der Waals surface area contributed by atoms with Gasteiger partial charge in [-0.1, -0.05) is 12.1 Å². The number of nitrogens with one attached hydrogen (secondary N) is 1. The topological polar surface area (TPSA) is 29.1 Å². The van der Waals surface area contributed by atoms with Crippen LogP contribution in [0.25, 0.3) is 0 Å². The largest absolute Gasteiger partial charge is 0.416 e. The van der Waals surface area contributed by atoms with Gasteiger partial charge in [-0.15, -0.1) is 0 Å². The van der Waals surface area contributed by atoms with Crippen LogP contribution < -0.4 is 5.32 Å². The number of hydrogen-bond acceptors (Lipinski definition) is 2. The molecule has 0 heterocycles. The molecule has 2 nitrogen and oxygen atoms in total. The molecule has 19 heavy (non-hydrogen) atoms. The maximum Gasteiger partial charge on any atom is 0.416 e. The van der Waals surface area contributed by atoms with Gasteiger partial charge in [0.05, 0.1) is 11.6 Å². The molecule has 1 aromatic carbocycles. The fraction of sp³-hybridized carbons (Fsp3) is 0.500. The highest BCUT2D eigenvalue weighted by Gasteiger charge is 2.30. The first-order valence-corrected chi connectivity index (χ1v) is 6.00. The number of ketones is 1. The van der Waals surface area contributed by atoms with E-state index in [-0.39, 0.29) is 16.9 Å². The third kappa shape index (κ3) is 4.67. The molecule has 0 aliphatic heterocycles. The molecule has 1 aromatic rings. The van der Waals surface area contributed by atoms with E-state index < -0.39 is 17.8 Å². The molecule has 0 bridgehead atoms. The number of halogens is 3. The Kier molecular flexibility index (Phi) is 4.40. The highest BCUT2D eigenvalue weighted by atomic mass is 19.4. The summed E-state index contributed by atoms with van der Waals surface area (Å²) in [7, 11) is 0. The predicted molar refractivity (Wildman–Crippen MR) is 68.1 cm³/mol. The fourth-order valence-electron chi connectivity index (χ4n) is 1.79. The molecule has 0 fully saturated rings. The average Bonchev–Trinajstić information content (AvgIpc) is 2.24. The van der Waals surface area contributed by atoms with Crippen molar-refractivity contribution in [2.45, 2.75) is 45.5 Å². The monoisotopic (exact) mass is 273 g/mol. The van der Waals surface area contributed by atoms with E-state index in [1.807, 2.05) is 20.8 Å². The summed E-state index contributed by atoms with van der Waals surface area (Å²) in [6.07, 6.45) is -4.38. The van der Waals surface area contributed by atoms with Crippen molar-refractivity contribution < 1.29 is 18.0 Å². The van der Waals surface area contributed by atoms with Gasteiger partial charge in [0.1, 0.15) is 0 Å². The number of carbonyl (C=O) groups excluding carboxylic acids is 1. The van der Waals surface area contributed by atoms with E-state index in [0.717, 1.165) is 12.1 Å². The lowest BCUT2D eigenvalue weighted by Gasteiger charge is -2.25. The molecule has 0 radical (unpaired) electrons. The molecule has 0 aliphatic carbocycles. The van der Waals surface area contributed by atoms with Crippen molar-refractivity contribution in [3.05, 3.63) is 35.4 Å². The van der Waals surface area contributed by atoms with Crippen LogP contribution in [-0.2, 0) is 6.18 Å². The third-order valence-electron chi connectivity index (χ3n) is 2.54. The molecule has 0 spiro atoms. The first kappa shape index (κ1) is 15.7. The van der Waals surface area contributed by atoms with Gasteiger partial charge >= 0.3 is 6.18 Å². The van der Waals surface area contributed by atoms with Crippen LogP contribution in [0.2, 0.25) is 0 Å². The van der Waals surface area contributed by atoms with Crippen LogP contribution in [0, 0.1) is 0 Å². The molecule has 0 amide bonds. The van der Waals surface area contributed by atoms with Crippen molar-refractivity contribution in [3.8, 4) is 0 Å². The van der Waals surface area contributed by atoms with Gasteiger partial charge < -0.3 is 5.32 Å². The Labute approximate surface area is 111 Å². The minimum Gasteiger partial charge on any atom is -0.303 e. The molecule has 1 unspecified atom stereocenters. The molecule has 0 saturated carbocycles. The van der Waals surface area contributed by atoms with Gasteiger partial charge in [0.2, 0.25) is 0 Å². The second-order valence-electron chi connectivity index (χ2n) is 5.56. The van der Waals surface area contributed by atoms with Gasteiger partial charge in [-0.2, -0.15) is 13.2 Å². The molecule has 1 atom stereocenters. The lowest BCUT2D eigenvalue weighted by Crippen LogP contribution is -2.46. The quantitative estimate of drug-likeness (QED) is 0.851. The highest BCUT2D eigenvalue weighted by Crippen LogP contribution is 2.29. The van der Waals surface area contributed by atoms with Gasteiger partial charge in [-0.05, 0) is 39.8 Å². The Morgan fingerprint density at radius 3 is 1.95 bits per heavy atom. The second-order valence-corrected chi connectivity index (χ2v) is 5.56. The van der Waals surface area contributed by atoms with Crippen LogP contribution in [0.1, 0.15) is 43.6 Å². The fourth-order valence-corrected chi connectivity index (χ4v) is 1.79. The lowest BCUT2D eigenvalue weighted by molar-refractivity contribution is -0.137. The predicted octanol–water partition coefficient (Wildman–Crippen LogP) is 3.66. The minimum atomic E-state index is -4.38. The van der Waals surface area contributed by atoms with E-state index in [1.165, 1.54) is 12.1 Å². The highest BCUT2D eigenvalue weighted by molar-refractivity contribution is 5.99. The van der Waals surface area contributed by atoms with Crippen LogP contribution in [-0.4, -0.2) is 17.4 Å². The standard InChI is InChI=1S/C14H18F3NO/c1-9(18-13(2,3)4)12(19)10-5-7-11(8-6-10)14(15,16)17/h5-9,18H,1-4H3. The van der Waals surface area contributed by atoms with Crippen LogP contribution in [0.5, 0.6) is 0 Å². The Hall–Kier alpha value is -1.36. The summed E-state index contributed by atoms with van der Waals surface area (Å²) >= 11 is 0. The minimum absolute atomic E-state index is 0.219. The molecular formula is C14H18F3NO. The summed E-state index contributed by atoms with van der Waals surface area (Å²) < 4.78 is 37.2.